The van der Waals surface area contributed by atoms with E-state index in [1.807, 2.05) is 0 Å². The van der Waals surface area contributed by atoms with Crippen LogP contribution in [0.3, 0.4) is 0 Å². The predicted molar refractivity (Wildman–Crippen MR) is 99.4 cm³/mol. The molecule has 1 fully saturated rings. The van der Waals surface area contributed by atoms with Gasteiger partial charge in [0.05, 0.1) is 17.6 Å². The van der Waals surface area contributed by atoms with Gasteiger partial charge in [-0.3, -0.25) is 0 Å². The number of aromatic nitrogens is 1. The fourth-order valence-electron chi connectivity index (χ4n) is 2.84. The Kier molecular flexibility index (Phi) is 5.98. The highest BCUT2D eigenvalue weighted by Gasteiger charge is 2.30. The lowest BCUT2D eigenvalue weighted by molar-refractivity contribution is 0.0600. The Morgan fingerprint density at radius 1 is 1.19 bits per heavy atom. The summed E-state index contributed by atoms with van der Waals surface area (Å²) < 4.78 is 37.4. The molecule has 1 aromatic carbocycles. The lowest BCUT2D eigenvalue weighted by atomic mass is 10.1. The molecule has 1 aliphatic rings. The second-order valence-electron chi connectivity index (χ2n) is 6.03. The van der Waals surface area contributed by atoms with Gasteiger partial charge in [0.1, 0.15) is 11.1 Å². The van der Waals surface area contributed by atoms with Crippen molar-refractivity contribution in [1.82, 2.24) is 9.29 Å². The van der Waals surface area contributed by atoms with E-state index >= 15 is 0 Å². The number of methoxy groups -OCH3 is 1. The summed E-state index contributed by atoms with van der Waals surface area (Å²) in [5.41, 5.74) is 0.302. The molecule has 0 amide bonds. The Bertz CT molecular complexity index is 910. The molecule has 1 saturated heterocycles. The molecule has 0 bridgehead atoms. The topological polar surface area (TPSA) is 85.8 Å². The van der Waals surface area contributed by atoms with Crippen molar-refractivity contribution in [3.05, 3.63) is 53.2 Å². The van der Waals surface area contributed by atoms with Crippen molar-refractivity contribution >= 4 is 27.6 Å². The highest BCUT2D eigenvalue weighted by atomic mass is 35.5. The quantitative estimate of drug-likeness (QED) is 0.704. The molecule has 0 spiro atoms. The maximum atomic E-state index is 12.8. The minimum absolute atomic E-state index is 0.141. The van der Waals surface area contributed by atoms with Crippen LogP contribution < -0.4 is 4.74 Å². The number of carbonyl (C=O) groups is 1. The third-order valence-corrected chi connectivity index (χ3v) is 6.52. The van der Waals surface area contributed by atoms with E-state index in [4.69, 9.17) is 16.3 Å². The molecule has 2 heterocycles. The van der Waals surface area contributed by atoms with Crippen molar-refractivity contribution in [2.45, 2.75) is 23.8 Å². The molecule has 27 heavy (non-hydrogen) atoms. The molecule has 9 heteroatoms. The summed E-state index contributed by atoms with van der Waals surface area (Å²) in [6, 6.07) is 9.13. The van der Waals surface area contributed by atoms with Crippen LogP contribution in [-0.4, -0.2) is 50.0 Å². The molecule has 3 rings (SSSR count). The van der Waals surface area contributed by atoms with Gasteiger partial charge in [-0.1, -0.05) is 11.6 Å². The number of ether oxygens (including phenoxy) is 2. The number of hydrogen-bond acceptors (Lipinski definition) is 6. The number of sulfonamides is 1. The zero-order valence-electron chi connectivity index (χ0n) is 14.7. The van der Waals surface area contributed by atoms with Gasteiger partial charge in [-0.05, 0) is 49.2 Å². The largest absolute Gasteiger partial charge is 0.473 e. The molecule has 2 aromatic rings. The number of benzene rings is 1. The predicted octanol–water partition coefficient (Wildman–Crippen LogP) is 2.75. The summed E-state index contributed by atoms with van der Waals surface area (Å²) in [7, 11) is -2.36. The first-order valence-corrected chi connectivity index (χ1v) is 10.2. The van der Waals surface area contributed by atoms with E-state index < -0.39 is 16.0 Å². The average Bonchev–Trinajstić information content (AvgIpc) is 2.69. The molecular formula is C18H19ClN2O5S. The van der Waals surface area contributed by atoms with Gasteiger partial charge >= 0.3 is 5.97 Å². The zero-order valence-corrected chi connectivity index (χ0v) is 16.2. The highest BCUT2D eigenvalue weighted by molar-refractivity contribution is 7.89. The first-order valence-electron chi connectivity index (χ1n) is 8.37. The molecule has 0 atom stereocenters. The SMILES string of the molecule is COC(=O)c1ccc(S(=O)(=O)N2CCC(Oc3ncccc3Cl)CC2)cc1. The summed E-state index contributed by atoms with van der Waals surface area (Å²) in [6.07, 6.45) is 2.52. The van der Waals surface area contributed by atoms with Crippen LogP contribution in [0.15, 0.2) is 47.5 Å². The maximum absolute atomic E-state index is 12.8. The van der Waals surface area contributed by atoms with Gasteiger partial charge in [0, 0.05) is 19.3 Å². The van der Waals surface area contributed by atoms with E-state index in [2.05, 4.69) is 9.72 Å². The zero-order chi connectivity index (χ0) is 19.4. The number of piperidine rings is 1. The van der Waals surface area contributed by atoms with Crippen molar-refractivity contribution in [2.75, 3.05) is 20.2 Å². The van der Waals surface area contributed by atoms with Crippen molar-refractivity contribution in [2.24, 2.45) is 0 Å². The van der Waals surface area contributed by atoms with E-state index in [1.54, 1.807) is 18.3 Å². The van der Waals surface area contributed by atoms with Crippen LogP contribution in [0.4, 0.5) is 0 Å². The molecule has 7 nitrogen and oxygen atoms in total. The molecule has 1 aliphatic heterocycles. The van der Waals surface area contributed by atoms with Gasteiger partial charge in [0.15, 0.2) is 0 Å². The normalized spacial score (nSPS) is 16.1. The first-order chi connectivity index (χ1) is 12.9. The Hall–Kier alpha value is -2.16. The number of halogens is 1. The average molecular weight is 411 g/mol. The van der Waals surface area contributed by atoms with E-state index in [-0.39, 0.29) is 11.0 Å². The Morgan fingerprint density at radius 2 is 1.85 bits per heavy atom. The van der Waals surface area contributed by atoms with Crippen LogP contribution in [0.25, 0.3) is 0 Å². The van der Waals surface area contributed by atoms with Gasteiger partial charge < -0.3 is 9.47 Å². The molecule has 144 valence electrons. The Morgan fingerprint density at radius 3 is 2.44 bits per heavy atom. The Labute approximate surface area is 162 Å². The summed E-state index contributed by atoms with van der Waals surface area (Å²) in [6.45, 7) is 0.659. The lowest BCUT2D eigenvalue weighted by Gasteiger charge is -2.31. The number of esters is 1. The smallest absolute Gasteiger partial charge is 0.337 e. The highest BCUT2D eigenvalue weighted by Crippen LogP contribution is 2.26. The molecule has 0 saturated carbocycles. The number of rotatable bonds is 5. The Balaban J connectivity index is 1.64. The summed E-state index contributed by atoms with van der Waals surface area (Å²) in [4.78, 5) is 15.7. The monoisotopic (exact) mass is 410 g/mol. The van der Waals surface area contributed by atoms with Gasteiger partial charge in [0.2, 0.25) is 15.9 Å². The molecular weight excluding hydrogens is 392 g/mol. The summed E-state index contributed by atoms with van der Waals surface area (Å²) in [5.74, 6) is -0.149. The second kappa shape index (κ2) is 8.24. The van der Waals surface area contributed by atoms with Gasteiger partial charge in [-0.15, -0.1) is 0 Å². The van der Waals surface area contributed by atoms with Crippen LogP contribution in [0.1, 0.15) is 23.2 Å². The molecule has 0 radical (unpaired) electrons. The van der Waals surface area contributed by atoms with E-state index in [1.165, 1.54) is 35.7 Å². The van der Waals surface area contributed by atoms with E-state index in [0.29, 0.717) is 42.4 Å². The molecule has 0 unspecified atom stereocenters. The number of pyridine rings is 1. The molecule has 1 aromatic heterocycles. The number of carbonyl (C=O) groups excluding carboxylic acids is 1. The van der Waals surface area contributed by atoms with Crippen LogP contribution in [0, 0.1) is 0 Å². The first kappa shape index (κ1) is 19.6. The fourth-order valence-corrected chi connectivity index (χ4v) is 4.47. The van der Waals surface area contributed by atoms with E-state index in [0.717, 1.165) is 0 Å². The van der Waals surface area contributed by atoms with Crippen molar-refractivity contribution in [3.63, 3.8) is 0 Å². The second-order valence-corrected chi connectivity index (χ2v) is 8.37. The van der Waals surface area contributed by atoms with E-state index in [9.17, 15) is 13.2 Å². The summed E-state index contributed by atoms with van der Waals surface area (Å²) >= 11 is 6.04. The van der Waals surface area contributed by atoms with Gasteiger partial charge in [-0.2, -0.15) is 4.31 Å². The maximum Gasteiger partial charge on any atom is 0.337 e. The minimum atomic E-state index is -3.63. The molecule has 0 aliphatic carbocycles. The van der Waals surface area contributed by atoms with Crippen molar-refractivity contribution in [3.8, 4) is 5.88 Å². The summed E-state index contributed by atoms with van der Waals surface area (Å²) in [5, 5.41) is 0.429. The third kappa shape index (κ3) is 4.40. The molecule has 0 N–H and O–H groups in total. The number of hydrogen-bond donors (Lipinski definition) is 0. The van der Waals surface area contributed by atoms with Gasteiger partial charge in [-0.25, -0.2) is 18.2 Å². The van der Waals surface area contributed by atoms with Crippen molar-refractivity contribution in [1.29, 1.82) is 0 Å². The van der Waals surface area contributed by atoms with Crippen LogP contribution in [0.5, 0.6) is 5.88 Å². The standard InChI is InChI=1S/C18H19ClN2O5S/c1-25-18(22)13-4-6-15(7-5-13)27(23,24)21-11-8-14(9-12-21)26-17-16(19)3-2-10-20-17/h2-7,10,14H,8-9,11-12H2,1H3. The van der Waals surface area contributed by atoms with Crippen molar-refractivity contribution < 1.29 is 22.7 Å². The van der Waals surface area contributed by atoms with Crippen LogP contribution in [-0.2, 0) is 14.8 Å². The van der Waals surface area contributed by atoms with Gasteiger partial charge in [0.25, 0.3) is 0 Å². The minimum Gasteiger partial charge on any atom is -0.473 e. The van der Waals surface area contributed by atoms with Crippen LogP contribution in [0.2, 0.25) is 5.02 Å². The number of nitrogens with zero attached hydrogens (tertiary/aromatic N) is 2. The lowest BCUT2D eigenvalue weighted by Crippen LogP contribution is -2.41. The fraction of sp³-hybridized carbons (Fsp3) is 0.333. The van der Waals surface area contributed by atoms with Crippen LogP contribution >= 0.6 is 11.6 Å². The third-order valence-electron chi connectivity index (χ3n) is 4.32.